The summed E-state index contributed by atoms with van der Waals surface area (Å²) in [6.07, 6.45) is -3.65. The van der Waals surface area contributed by atoms with Crippen molar-refractivity contribution in [1.29, 1.82) is 0 Å². The standard InChI is InChI=1S/C15H9ClF4/c16-12-7-5-10(6-8-12)14(17)9-11-3-1-2-4-13(11)15(18,19)20/h1-9H/b14-9-. The van der Waals surface area contributed by atoms with Crippen molar-refractivity contribution in [3.63, 3.8) is 0 Å². The molecule has 2 aromatic rings. The Morgan fingerprint density at radius 3 is 2.15 bits per heavy atom. The molecular formula is C15H9ClF4. The van der Waals surface area contributed by atoms with Crippen LogP contribution in [0.3, 0.4) is 0 Å². The molecule has 0 fully saturated rings. The zero-order valence-corrected chi connectivity index (χ0v) is 10.8. The second kappa shape index (κ2) is 5.67. The molecule has 0 aliphatic heterocycles. The van der Waals surface area contributed by atoms with Crippen molar-refractivity contribution in [2.24, 2.45) is 0 Å². The predicted octanol–water partition coefficient (Wildman–Crippen LogP) is 5.83. The summed E-state index contributed by atoms with van der Waals surface area (Å²) in [5.41, 5.74) is -0.914. The van der Waals surface area contributed by atoms with Crippen LogP contribution in [0.25, 0.3) is 11.9 Å². The Morgan fingerprint density at radius 2 is 1.55 bits per heavy atom. The molecule has 2 rings (SSSR count). The molecule has 0 bridgehead atoms. The van der Waals surface area contributed by atoms with Crippen LogP contribution < -0.4 is 0 Å². The van der Waals surface area contributed by atoms with E-state index in [1.165, 1.54) is 42.5 Å². The van der Waals surface area contributed by atoms with Gasteiger partial charge in [0.25, 0.3) is 0 Å². The Kier molecular flexibility index (Phi) is 4.14. The Hall–Kier alpha value is -1.81. The van der Waals surface area contributed by atoms with Crippen LogP contribution in [0.5, 0.6) is 0 Å². The Bertz CT molecular complexity index is 627. The van der Waals surface area contributed by atoms with E-state index in [1.54, 1.807) is 0 Å². The van der Waals surface area contributed by atoms with Gasteiger partial charge in [0.1, 0.15) is 5.83 Å². The third-order valence-corrected chi connectivity index (χ3v) is 2.92. The number of hydrogen-bond donors (Lipinski definition) is 0. The highest BCUT2D eigenvalue weighted by Crippen LogP contribution is 2.33. The monoisotopic (exact) mass is 300 g/mol. The second-order valence-electron chi connectivity index (χ2n) is 4.08. The van der Waals surface area contributed by atoms with Gasteiger partial charge in [-0.1, -0.05) is 41.9 Å². The Balaban J connectivity index is 2.43. The summed E-state index contributed by atoms with van der Waals surface area (Å²) in [5.74, 6) is -0.752. The fourth-order valence-electron chi connectivity index (χ4n) is 1.71. The molecule has 0 atom stereocenters. The van der Waals surface area contributed by atoms with Gasteiger partial charge in [0.15, 0.2) is 0 Å². The third-order valence-electron chi connectivity index (χ3n) is 2.67. The van der Waals surface area contributed by atoms with E-state index in [4.69, 9.17) is 11.6 Å². The average Bonchev–Trinajstić information content (AvgIpc) is 2.38. The van der Waals surface area contributed by atoms with Gasteiger partial charge in [-0.3, -0.25) is 0 Å². The molecule has 2 aromatic carbocycles. The highest BCUT2D eigenvalue weighted by Gasteiger charge is 2.32. The van der Waals surface area contributed by atoms with Crippen LogP contribution >= 0.6 is 11.6 Å². The number of alkyl halides is 3. The molecule has 5 heteroatoms. The molecular weight excluding hydrogens is 292 g/mol. The van der Waals surface area contributed by atoms with Gasteiger partial charge in [0.2, 0.25) is 0 Å². The van der Waals surface area contributed by atoms with E-state index in [0.29, 0.717) is 5.02 Å². The summed E-state index contributed by atoms with van der Waals surface area (Å²) in [4.78, 5) is 0. The smallest absolute Gasteiger partial charge is 0.206 e. The van der Waals surface area contributed by atoms with Crippen molar-refractivity contribution in [2.45, 2.75) is 6.18 Å². The van der Waals surface area contributed by atoms with E-state index in [0.717, 1.165) is 12.1 Å². The van der Waals surface area contributed by atoms with Crippen LogP contribution in [0, 0.1) is 0 Å². The van der Waals surface area contributed by atoms with E-state index in [2.05, 4.69) is 0 Å². The van der Waals surface area contributed by atoms with Gasteiger partial charge in [0.05, 0.1) is 5.56 Å². The molecule has 20 heavy (non-hydrogen) atoms. The summed E-state index contributed by atoms with van der Waals surface area (Å²) in [7, 11) is 0. The van der Waals surface area contributed by atoms with Crippen LogP contribution in [0.1, 0.15) is 16.7 Å². The minimum absolute atomic E-state index is 0.173. The minimum atomic E-state index is -4.52. The fraction of sp³-hybridized carbons (Fsp3) is 0.0667. The molecule has 0 nitrogen and oxygen atoms in total. The van der Waals surface area contributed by atoms with Crippen LogP contribution in [0.4, 0.5) is 17.6 Å². The average molecular weight is 301 g/mol. The van der Waals surface area contributed by atoms with Gasteiger partial charge in [-0.2, -0.15) is 13.2 Å². The first kappa shape index (κ1) is 14.6. The van der Waals surface area contributed by atoms with E-state index in [-0.39, 0.29) is 11.1 Å². The van der Waals surface area contributed by atoms with Crippen LogP contribution in [-0.4, -0.2) is 0 Å². The van der Waals surface area contributed by atoms with Crippen molar-refractivity contribution < 1.29 is 17.6 Å². The van der Waals surface area contributed by atoms with Crippen molar-refractivity contribution in [3.8, 4) is 0 Å². The number of hydrogen-bond acceptors (Lipinski definition) is 0. The molecule has 104 valence electrons. The molecule has 0 radical (unpaired) electrons. The normalized spacial score (nSPS) is 12.6. The summed E-state index contributed by atoms with van der Waals surface area (Å²) >= 11 is 5.67. The molecule has 0 aromatic heterocycles. The highest BCUT2D eigenvalue weighted by molar-refractivity contribution is 6.30. The van der Waals surface area contributed by atoms with Crippen molar-refractivity contribution >= 4 is 23.5 Å². The molecule has 0 spiro atoms. The first-order chi connectivity index (χ1) is 9.38. The van der Waals surface area contributed by atoms with Crippen LogP contribution in [0.2, 0.25) is 5.02 Å². The molecule has 0 aliphatic carbocycles. The molecule has 0 N–H and O–H groups in total. The zero-order chi connectivity index (χ0) is 14.8. The molecule has 0 unspecified atom stereocenters. The third kappa shape index (κ3) is 3.39. The zero-order valence-electron chi connectivity index (χ0n) is 10.1. The Morgan fingerprint density at radius 1 is 0.950 bits per heavy atom. The van der Waals surface area contributed by atoms with Gasteiger partial charge >= 0.3 is 6.18 Å². The maximum absolute atomic E-state index is 14.0. The van der Waals surface area contributed by atoms with Crippen molar-refractivity contribution in [3.05, 3.63) is 70.2 Å². The van der Waals surface area contributed by atoms with Crippen LogP contribution in [-0.2, 0) is 6.18 Å². The largest absolute Gasteiger partial charge is 0.416 e. The van der Waals surface area contributed by atoms with Crippen LogP contribution in [0.15, 0.2) is 48.5 Å². The lowest BCUT2D eigenvalue weighted by atomic mass is 10.0. The van der Waals surface area contributed by atoms with E-state index < -0.39 is 17.6 Å². The minimum Gasteiger partial charge on any atom is -0.206 e. The summed E-state index contributed by atoms with van der Waals surface area (Å²) in [6, 6.07) is 10.6. The first-order valence-electron chi connectivity index (χ1n) is 5.67. The molecule has 0 amide bonds. The summed E-state index contributed by atoms with van der Waals surface area (Å²) in [6.45, 7) is 0. The highest BCUT2D eigenvalue weighted by atomic mass is 35.5. The number of rotatable bonds is 2. The van der Waals surface area contributed by atoms with Gasteiger partial charge in [-0.15, -0.1) is 0 Å². The molecule has 0 saturated heterocycles. The van der Waals surface area contributed by atoms with Gasteiger partial charge in [0, 0.05) is 10.6 Å². The molecule has 0 aliphatic rings. The second-order valence-corrected chi connectivity index (χ2v) is 4.52. The molecule has 0 saturated carbocycles. The van der Waals surface area contributed by atoms with E-state index >= 15 is 0 Å². The molecule has 0 heterocycles. The SMILES string of the molecule is F/C(=C\c1ccccc1C(F)(F)F)c1ccc(Cl)cc1. The summed E-state index contributed by atoms with van der Waals surface area (Å²) < 4.78 is 52.3. The topological polar surface area (TPSA) is 0 Å². The fourth-order valence-corrected chi connectivity index (χ4v) is 1.84. The van der Waals surface area contributed by atoms with Gasteiger partial charge in [-0.25, -0.2) is 4.39 Å². The lowest BCUT2D eigenvalue weighted by Gasteiger charge is -2.10. The maximum atomic E-state index is 14.0. The van der Waals surface area contributed by atoms with Gasteiger partial charge in [-0.05, 0) is 29.8 Å². The van der Waals surface area contributed by atoms with Crippen molar-refractivity contribution in [1.82, 2.24) is 0 Å². The predicted molar refractivity (Wildman–Crippen MR) is 71.9 cm³/mol. The lowest BCUT2D eigenvalue weighted by molar-refractivity contribution is -0.137. The maximum Gasteiger partial charge on any atom is 0.416 e. The number of benzene rings is 2. The number of halogens is 5. The quantitative estimate of drug-likeness (QED) is 0.484. The Labute approximate surface area is 118 Å². The summed E-state index contributed by atoms with van der Waals surface area (Å²) in [5, 5.41) is 0.428. The van der Waals surface area contributed by atoms with Gasteiger partial charge < -0.3 is 0 Å². The van der Waals surface area contributed by atoms with Crippen molar-refractivity contribution in [2.75, 3.05) is 0 Å². The first-order valence-corrected chi connectivity index (χ1v) is 6.05. The van der Waals surface area contributed by atoms with E-state index in [9.17, 15) is 17.6 Å². The van der Waals surface area contributed by atoms with E-state index in [1.807, 2.05) is 0 Å². The lowest BCUT2D eigenvalue weighted by Crippen LogP contribution is -2.06.